The highest BCUT2D eigenvalue weighted by Crippen LogP contribution is 2.23. The van der Waals surface area contributed by atoms with Crippen molar-refractivity contribution in [3.63, 3.8) is 0 Å². The summed E-state index contributed by atoms with van der Waals surface area (Å²) in [6.07, 6.45) is 5.01. The molecule has 0 bridgehead atoms. The average molecular weight is 207 g/mol. The molecule has 1 N–H and O–H groups in total. The van der Waals surface area contributed by atoms with Crippen molar-refractivity contribution >= 4 is 0 Å². The SMILES string of the molecule is Cc1cc(C2CCCCCN2)ccc1F. The fourth-order valence-electron chi connectivity index (χ4n) is 2.20. The van der Waals surface area contributed by atoms with Crippen molar-refractivity contribution in [1.82, 2.24) is 5.32 Å². The number of nitrogens with one attached hydrogen (secondary N) is 1. The molecular formula is C13H18FN. The van der Waals surface area contributed by atoms with Crippen molar-refractivity contribution in [3.8, 4) is 0 Å². The van der Waals surface area contributed by atoms with Crippen LogP contribution in [-0.4, -0.2) is 6.54 Å². The molecule has 1 unspecified atom stereocenters. The Morgan fingerprint density at radius 3 is 2.93 bits per heavy atom. The van der Waals surface area contributed by atoms with Crippen molar-refractivity contribution in [2.45, 2.75) is 38.6 Å². The molecule has 15 heavy (non-hydrogen) atoms. The van der Waals surface area contributed by atoms with Gasteiger partial charge < -0.3 is 5.32 Å². The number of hydrogen-bond acceptors (Lipinski definition) is 1. The van der Waals surface area contributed by atoms with Gasteiger partial charge in [0.1, 0.15) is 5.82 Å². The molecule has 0 radical (unpaired) electrons. The molecule has 0 aliphatic carbocycles. The third-order valence-corrected chi connectivity index (χ3v) is 3.14. The summed E-state index contributed by atoms with van der Waals surface area (Å²) in [5, 5.41) is 3.52. The Balaban J connectivity index is 2.16. The van der Waals surface area contributed by atoms with Crippen molar-refractivity contribution < 1.29 is 4.39 Å². The molecule has 0 spiro atoms. The van der Waals surface area contributed by atoms with Gasteiger partial charge in [0, 0.05) is 6.04 Å². The first kappa shape index (κ1) is 10.6. The topological polar surface area (TPSA) is 12.0 Å². The van der Waals surface area contributed by atoms with Crippen LogP contribution < -0.4 is 5.32 Å². The van der Waals surface area contributed by atoms with Crippen LogP contribution in [-0.2, 0) is 0 Å². The molecule has 1 saturated heterocycles. The molecule has 1 heterocycles. The molecule has 2 heteroatoms. The quantitative estimate of drug-likeness (QED) is 0.744. The van der Waals surface area contributed by atoms with Gasteiger partial charge in [0.2, 0.25) is 0 Å². The zero-order valence-corrected chi connectivity index (χ0v) is 9.22. The maximum atomic E-state index is 13.1. The molecule has 1 fully saturated rings. The number of aryl methyl sites for hydroxylation is 1. The third-order valence-electron chi connectivity index (χ3n) is 3.14. The normalized spacial score (nSPS) is 22.4. The first-order valence-corrected chi connectivity index (χ1v) is 5.77. The predicted octanol–water partition coefficient (Wildman–Crippen LogP) is 3.34. The van der Waals surface area contributed by atoms with Crippen LogP contribution in [0.25, 0.3) is 0 Å². The smallest absolute Gasteiger partial charge is 0.126 e. The molecule has 1 aliphatic rings. The van der Waals surface area contributed by atoms with Crippen molar-refractivity contribution in [2.24, 2.45) is 0 Å². The van der Waals surface area contributed by atoms with Crippen LogP contribution in [0.2, 0.25) is 0 Å². The van der Waals surface area contributed by atoms with Gasteiger partial charge in [0.15, 0.2) is 0 Å². The highest BCUT2D eigenvalue weighted by molar-refractivity contribution is 5.26. The van der Waals surface area contributed by atoms with E-state index in [1.807, 2.05) is 19.1 Å². The number of benzene rings is 1. The van der Waals surface area contributed by atoms with E-state index in [9.17, 15) is 4.39 Å². The van der Waals surface area contributed by atoms with Crippen LogP contribution in [0.4, 0.5) is 4.39 Å². The molecule has 1 aromatic rings. The van der Waals surface area contributed by atoms with E-state index < -0.39 is 0 Å². The first-order valence-electron chi connectivity index (χ1n) is 5.77. The summed E-state index contributed by atoms with van der Waals surface area (Å²) in [7, 11) is 0. The summed E-state index contributed by atoms with van der Waals surface area (Å²) in [6, 6.07) is 5.88. The minimum atomic E-state index is -0.104. The van der Waals surface area contributed by atoms with Crippen LogP contribution in [0.1, 0.15) is 42.9 Å². The van der Waals surface area contributed by atoms with Crippen molar-refractivity contribution in [3.05, 3.63) is 35.1 Å². The largest absolute Gasteiger partial charge is 0.310 e. The number of hydrogen-bond donors (Lipinski definition) is 1. The van der Waals surface area contributed by atoms with Gasteiger partial charge in [-0.2, -0.15) is 0 Å². The van der Waals surface area contributed by atoms with Crippen LogP contribution in [0.5, 0.6) is 0 Å². The van der Waals surface area contributed by atoms with Gasteiger partial charge in [-0.15, -0.1) is 0 Å². The third kappa shape index (κ3) is 2.57. The Morgan fingerprint density at radius 2 is 2.13 bits per heavy atom. The molecule has 1 aliphatic heterocycles. The van der Waals surface area contributed by atoms with E-state index in [1.165, 1.54) is 31.2 Å². The van der Waals surface area contributed by atoms with Gasteiger partial charge in [-0.3, -0.25) is 0 Å². The highest BCUT2D eigenvalue weighted by Gasteiger charge is 2.13. The number of halogens is 1. The lowest BCUT2D eigenvalue weighted by Gasteiger charge is -2.16. The monoisotopic (exact) mass is 207 g/mol. The lowest BCUT2D eigenvalue weighted by atomic mass is 10.0. The fourth-order valence-corrected chi connectivity index (χ4v) is 2.20. The van der Waals surface area contributed by atoms with Gasteiger partial charge in [0.05, 0.1) is 0 Å². The Morgan fingerprint density at radius 1 is 1.27 bits per heavy atom. The second kappa shape index (κ2) is 4.75. The standard InChI is InChI=1S/C13H18FN/c1-10-9-11(6-7-12(10)14)13-5-3-2-4-8-15-13/h6-7,9,13,15H,2-5,8H2,1H3. The summed E-state index contributed by atoms with van der Waals surface area (Å²) in [5.41, 5.74) is 1.98. The van der Waals surface area contributed by atoms with E-state index in [-0.39, 0.29) is 5.82 Å². The van der Waals surface area contributed by atoms with E-state index in [1.54, 1.807) is 6.07 Å². The zero-order valence-electron chi connectivity index (χ0n) is 9.22. The minimum Gasteiger partial charge on any atom is -0.310 e. The van der Waals surface area contributed by atoms with E-state index in [0.29, 0.717) is 6.04 Å². The molecule has 1 atom stereocenters. The second-order valence-corrected chi connectivity index (χ2v) is 4.36. The maximum Gasteiger partial charge on any atom is 0.126 e. The van der Waals surface area contributed by atoms with Crippen LogP contribution in [0.15, 0.2) is 18.2 Å². The van der Waals surface area contributed by atoms with Crippen LogP contribution >= 0.6 is 0 Å². The van der Waals surface area contributed by atoms with Crippen molar-refractivity contribution in [1.29, 1.82) is 0 Å². The van der Waals surface area contributed by atoms with E-state index >= 15 is 0 Å². The summed E-state index contributed by atoms with van der Waals surface area (Å²) in [5.74, 6) is -0.104. The molecule has 1 nitrogen and oxygen atoms in total. The van der Waals surface area contributed by atoms with Gasteiger partial charge in [-0.05, 0) is 43.5 Å². The summed E-state index contributed by atoms with van der Waals surface area (Å²) in [4.78, 5) is 0. The molecule has 0 amide bonds. The molecular weight excluding hydrogens is 189 g/mol. The summed E-state index contributed by atoms with van der Waals surface area (Å²) in [6.45, 7) is 2.91. The summed E-state index contributed by atoms with van der Waals surface area (Å²) < 4.78 is 13.1. The molecule has 0 aromatic heterocycles. The Hall–Kier alpha value is -0.890. The highest BCUT2D eigenvalue weighted by atomic mass is 19.1. The van der Waals surface area contributed by atoms with Crippen molar-refractivity contribution in [2.75, 3.05) is 6.54 Å². The fraction of sp³-hybridized carbons (Fsp3) is 0.538. The van der Waals surface area contributed by atoms with Gasteiger partial charge in [-0.1, -0.05) is 25.0 Å². The van der Waals surface area contributed by atoms with E-state index in [4.69, 9.17) is 0 Å². The Kier molecular flexibility index (Phi) is 3.37. The molecule has 2 rings (SSSR count). The lowest BCUT2D eigenvalue weighted by Crippen LogP contribution is -2.20. The van der Waals surface area contributed by atoms with E-state index in [2.05, 4.69) is 5.32 Å². The molecule has 1 aromatic carbocycles. The molecule has 0 saturated carbocycles. The minimum absolute atomic E-state index is 0.104. The second-order valence-electron chi connectivity index (χ2n) is 4.36. The lowest BCUT2D eigenvalue weighted by molar-refractivity contribution is 0.532. The molecule has 82 valence electrons. The Bertz CT molecular complexity index is 327. The Labute approximate surface area is 90.7 Å². The first-order chi connectivity index (χ1) is 7.27. The summed E-state index contributed by atoms with van der Waals surface area (Å²) >= 11 is 0. The van der Waals surface area contributed by atoms with Crippen LogP contribution in [0.3, 0.4) is 0 Å². The average Bonchev–Trinajstić information content (AvgIpc) is 2.50. The van der Waals surface area contributed by atoms with Gasteiger partial charge in [0.25, 0.3) is 0 Å². The maximum absolute atomic E-state index is 13.1. The van der Waals surface area contributed by atoms with Gasteiger partial charge >= 0.3 is 0 Å². The van der Waals surface area contributed by atoms with Gasteiger partial charge in [-0.25, -0.2) is 4.39 Å². The van der Waals surface area contributed by atoms with Crippen LogP contribution in [0, 0.1) is 12.7 Å². The zero-order chi connectivity index (χ0) is 10.7. The predicted molar refractivity (Wildman–Crippen MR) is 60.3 cm³/mol. The van der Waals surface area contributed by atoms with E-state index in [0.717, 1.165) is 12.1 Å². The number of rotatable bonds is 1.